The fraction of sp³-hybridized carbons (Fsp3) is 0.615. The first-order chi connectivity index (χ1) is 7.93. The van der Waals surface area contributed by atoms with Crippen molar-refractivity contribution in [1.29, 1.82) is 0 Å². The quantitative estimate of drug-likeness (QED) is 0.710. The molecular weight excluding hydrogens is 200 g/mol. The second kappa shape index (κ2) is 4.52. The Kier molecular flexibility index (Phi) is 2.89. The van der Waals surface area contributed by atoms with E-state index in [0.717, 1.165) is 32.7 Å². The van der Waals surface area contributed by atoms with E-state index in [0.29, 0.717) is 6.04 Å². The van der Waals surface area contributed by atoms with Crippen LogP contribution in [-0.4, -0.2) is 42.2 Å². The molecule has 16 heavy (non-hydrogen) atoms. The van der Waals surface area contributed by atoms with Crippen molar-refractivity contribution in [3.63, 3.8) is 0 Å². The lowest BCUT2D eigenvalue weighted by atomic mass is 9.91. The molecule has 0 spiro atoms. The molecule has 1 aliphatic carbocycles. The van der Waals surface area contributed by atoms with Crippen molar-refractivity contribution in [2.45, 2.75) is 25.3 Å². The molecule has 0 N–H and O–H groups in total. The van der Waals surface area contributed by atoms with Gasteiger partial charge in [0.1, 0.15) is 0 Å². The second-order valence-corrected chi connectivity index (χ2v) is 4.65. The fourth-order valence-corrected chi connectivity index (χ4v) is 2.78. The topological polar surface area (TPSA) is 25.4 Å². The van der Waals surface area contributed by atoms with Crippen LogP contribution >= 0.6 is 0 Å². The van der Waals surface area contributed by atoms with Crippen LogP contribution in [0.5, 0.6) is 0 Å². The van der Waals surface area contributed by atoms with Crippen molar-refractivity contribution in [3.8, 4) is 0 Å². The number of aryl methyl sites for hydroxylation is 1. The van der Waals surface area contributed by atoms with E-state index in [9.17, 15) is 0 Å². The van der Waals surface area contributed by atoms with Gasteiger partial charge in [-0.3, -0.25) is 9.88 Å². The van der Waals surface area contributed by atoms with Crippen LogP contribution in [0, 0.1) is 0 Å². The zero-order chi connectivity index (χ0) is 10.8. The Balaban J connectivity index is 1.72. The SMILES string of the molecule is c1cnc2c(c1)CCC(N1CCOCC1)C2. The lowest BCUT2D eigenvalue weighted by Crippen LogP contribution is -2.46. The van der Waals surface area contributed by atoms with Gasteiger partial charge in [0.2, 0.25) is 0 Å². The van der Waals surface area contributed by atoms with Crippen molar-refractivity contribution in [3.05, 3.63) is 29.6 Å². The first-order valence-corrected chi connectivity index (χ1v) is 6.18. The summed E-state index contributed by atoms with van der Waals surface area (Å²) in [7, 11) is 0. The summed E-state index contributed by atoms with van der Waals surface area (Å²) in [6, 6.07) is 4.96. The highest BCUT2D eigenvalue weighted by molar-refractivity contribution is 5.23. The summed E-state index contributed by atoms with van der Waals surface area (Å²) in [6.07, 6.45) is 5.50. The van der Waals surface area contributed by atoms with Crippen LogP contribution in [0.3, 0.4) is 0 Å². The van der Waals surface area contributed by atoms with Crippen LogP contribution in [0.25, 0.3) is 0 Å². The molecule has 1 atom stereocenters. The zero-order valence-electron chi connectivity index (χ0n) is 9.56. The van der Waals surface area contributed by atoms with E-state index in [2.05, 4.69) is 16.0 Å². The van der Waals surface area contributed by atoms with Gasteiger partial charge in [-0.2, -0.15) is 0 Å². The number of pyridine rings is 1. The normalized spacial score (nSPS) is 26.4. The fourth-order valence-electron chi connectivity index (χ4n) is 2.78. The third-order valence-electron chi connectivity index (χ3n) is 3.72. The van der Waals surface area contributed by atoms with Gasteiger partial charge >= 0.3 is 0 Å². The molecule has 1 aromatic heterocycles. The molecule has 1 aliphatic heterocycles. The molecule has 0 saturated carbocycles. The summed E-state index contributed by atoms with van der Waals surface area (Å²) in [5, 5.41) is 0. The third-order valence-corrected chi connectivity index (χ3v) is 3.72. The van der Waals surface area contributed by atoms with E-state index in [-0.39, 0.29) is 0 Å². The lowest BCUT2D eigenvalue weighted by molar-refractivity contribution is 0.0135. The smallest absolute Gasteiger partial charge is 0.0594 e. The maximum atomic E-state index is 5.40. The minimum atomic E-state index is 0.686. The van der Waals surface area contributed by atoms with Gasteiger partial charge in [-0.1, -0.05) is 6.07 Å². The number of nitrogens with zero attached hydrogens (tertiary/aromatic N) is 2. The molecule has 0 radical (unpaired) electrons. The molecule has 3 nitrogen and oxygen atoms in total. The number of hydrogen-bond donors (Lipinski definition) is 0. The summed E-state index contributed by atoms with van der Waals surface area (Å²) in [5.74, 6) is 0. The second-order valence-electron chi connectivity index (χ2n) is 4.65. The van der Waals surface area contributed by atoms with Crippen LogP contribution < -0.4 is 0 Å². The van der Waals surface area contributed by atoms with E-state index in [1.165, 1.54) is 24.1 Å². The van der Waals surface area contributed by atoms with Crippen molar-refractivity contribution >= 4 is 0 Å². The number of ether oxygens (including phenoxy) is 1. The maximum absolute atomic E-state index is 5.40. The highest BCUT2D eigenvalue weighted by Crippen LogP contribution is 2.23. The first-order valence-electron chi connectivity index (χ1n) is 6.18. The Hall–Kier alpha value is -0.930. The van der Waals surface area contributed by atoms with Gasteiger partial charge in [-0.05, 0) is 24.5 Å². The molecular formula is C13H18N2O. The molecule has 2 aliphatic rings. The summed E-state index contributed by atoms with van der Waals surface area (Å²) < 4.78 is 5.40. The van der Waals surface area contributed by atoms with Crippen LogP contribution in [0.15, 0.2) is 18.3 Å². The lowest BCUT2D eigenvalue weighted by Gasteiger charge is -2.36. The summed E-state index contributed by atoms with van der Waals surface area (Å²) in [5.41, 5.74) is 2.76. The van der Waals surface area contributed by atoms with Gasteiger partial charge in [0, 0.05) is 37.4 Å². The van der Waals surface area contributed by atoms with Gasteiger partial charge in [-0.25, -0.2) is 0 Å². The zero-order valence-corrected chi connectivity index (χ0v) is 9.56. The Bertz CT molecular complexity index is 361. The average Bonchev–Trinajstić information content (AvgIpc) is 2.39. The predicted octanol–water partition coefficient (Wildman–Crippen LogP) is 1.27. The molecule has 3 heteroatoms. The molecule has 2 heterocycles. The standard InChI is InChI=1S/C13H18N2O/c1-2-11-3-4-12(10-13(11)14-5-1)15-6-8-16-9-7-15/h1-2,5,12H,3-4,6-10H2. The third kappa shape index (κ3) is 1.97. The number of morpholine rings is 1. The molecule has 1 aromatic rings. The van der Waals surface area contributed by atoms with Crippen molar-refractivity contribution in [2.24, 2.45) is 0 Å². The number of rotatable bonds is 1. The highest BCUT2D eigenvalue weighted by Gasteiger charge is 2.25. The van der Waals surface area contributed by atoms with E-state index in [1.807, 2.05) is 12.3 Å². The van der Waals surface area contributed by atoms with Crippen LogP contribution in [-0.2, 0) is 17.6 Å². The minimum Gasteiger partial charge on any atom is -0.379 e. The largest absolute Gasteiger partial charge is 0.379 e. The van der Waals surface area contributed by atoms with Gasteiger partial charge in [-0.15, -0.1) is 0 Å². The number of hydrogen-bond acceptors (Lipinski definition) is 3. The van der Waals surface area contributed by atoms with E-state index in [4.69, 9.17) is 4.74 Å². The molecule has 86 valence electrons. The van der Waals surface area contributed by atoms with Crippen LogP contribution in [0.2, 0.25) is 0 Å². The van der Waals surface area contributed by atoms with Gasteiger partial charge in [0.15, 0.2) is 0 Å². The highest BCUT2D eigenvalue weighted by atomic mass is 16.5. The minimum absolute atomic E-state index is 0.686. The Morgan fingerprint density at radius 1 is 1.31 bits per heavy atom. The van der Waals surface area contributed by atoms with Crippen molar-refractivity contribution in [2.75, 3.05) is 26.3 Å². The Morgan fingerprint density at radius 2 is 2.19 bits per heavy atom. The first kappa shape index (κ1) is 10.2. The molecule has 1 unspecified atom stereocenters. The monoisotopic (exact) mass is 218 g/mol. The van der Waals surface area contributed by atoms with E-state index < -0.39 is 0 Å². The molecule has 0 aromatic carbocycles. The van der Waals surface area contributed by atoms with Gasteiger partial charge in [0.25, 0.3) is 0 Å². The van der Waals surface area contributed by atoms with Crippen molar-refractivity contribution < 1.29 is 4.74 Å². The number of fused-ring (bicyclic) bond motifs is 1. The maximum Gasteiger partial charge on any atom is 0.0594 e. The molecule has 3 rings (SSSR count). The van der Waals surface area contributed by atoms with Gasteiger partial charge in [0.05, 0.1) is 13.2 Å². The molecule has 1 saturated heterocycles. The van der Waals surface area contributed by atoms with Crippen molar-refractivity contribution in [1.82, 2.24) is 9.88 Å². The summed E-state index contributed by atoms with van der Waals surface area (Å²) >= 11 is 0. The van der Waals surface area contributed by atoms with E-state index >= 15 is 0 Å². The molecule has 0 bridgehead atoms. The Labute approximate surface area is 96.4 Å². The summed E-state index contributed by atoms with van der Waals surface area (Å²) in [6.45, 7) is 3.97. The average molecular weight is 218 g/mol. The van der Waals surface area contributed by atoms with Gasteiger partial charge < -0.3 is 4.74 Å². The predicted molar refractivity (Wildman–Crippen MR) is 62.4 cm³/mol. The number of aromatic nitrogens is 1. The Morgan fingerprint density at radius 3 is 3.06 bits per heavy atom. The van der Waals surface area contributed by atoms with E-state index in [1.54, 1.807) is 0 Å². The van der Waals surface area contributed by atoms with Crippen LogP contribution in [0.1, 0.15) is 17.7 Å². The summed E-state index contributed by atoms with van der Waals surface area (Å²) in [4.78, 5) is 7.08. The molecule has 1 fully saturated rings. The van der Waals surface area contributed by atoms with Crippen LogP contribution in [0.4, 0.5) is 0 Å². The molecule has 0 amide bonds.